The second-order valence-corrected chi connectivity index (χ2v) is 10.1. The average molecular weight is 394 g/mol. The van der Waals surface area contributed by atoms with Crippen molar-refractivity contribution >= 4 is 18.9 Å². The minimum atomic E-state index is -0.505. The number of nitrogens with zero attached hydrogens (tertiary/aromatic N) is 1. The van der Waals surface area contributed by atoms with Crippen molar-refractivity contribution in [1.82, 2.24) is 10.2 Å². The highest BCUT2D eigenvalue weighted by Gasteiger charge is 2.55. The van der Waals surface area contributed by atoms with Crippen LogP contribution in [-0.4, -0.2) is 53.6 Å². The van der Waals surface area contributed by atoms with Gasteiger partial charge >= 0.3 is 7.12 Å². The first-order chi connectivity index (χ1) is 12.8. The number of rotatable bonds is 6. The quantitative estimate of drug-likeness (QED) is 0.704. The van der Waals surface area contributed by atoms with E-state index in [9.17, 15) is 9.59 Å². The van der Waals surface area contributed by atoms with Crippen LogP contribution >= 0.6 is 0 Å². The number of hydrogen-bond donors (Lipinski definition) is 1. The lowest BCUT2D eigenvalue weighted by Crippen LogP contribution is -2.56. The summed E-state index contributed by atoms with van der Waals surface area (Å²) in [6.45, 7) is 18.8. The number of likely N-dealkylation sites (tertiary alicyclic amines) is 1. The van der Waals surface area contributed by atoms with Crippen LogP contribution in [0.15, 0.2) is 0 Å². The van der Waals surface area contributed by atoms with E-state index in [1.807, 2.05) is 62.3 Å². The lowest BCUT2D eigenvalue weighted by atomic mass is 9.72. The van der Waals surface area contributed by atoms with Crippen molar-refractivity contribution in [3.63, 3.8) is 0 Å². The van der Waals surface area contributed by atoms with Crippen molar-refractivity contribution in [3.05, 3.63) is 0 Å². The van der Waals surface area contributed by atoms with E-state index >= 15 is 0 Å². The van der Waals surface area contributed by atoms with Crippen LogP contribution in [-0.2, 0) is 18.9 Å². The Balaban J connectivity index is 2.11. The van der Waals surface area contributed by atoms with Crippen LogP contribution in [0.25, 0.3) is 0 Å². The molecule has 2 amide bonds. The topological polar surface area (TPSA) is 67.9 Å². The Morgan fingerprint density at radius 2 is 1.54 bits per heavy atom. The first-order valence-corrected chi connectivity index (χ1v) is 10.7. The fraction of sp³-hybridized carbons (Fsp3) is 0.905. The molecular formula is C21H39BN2O4. The highest BCUT2D eigenvalue weighted by Crippen LogP contribution is 2.38. The van der Waals surface area contributed by atoms with Gasteiger partial charge in [0.2, 0.25) is 11.8 Å². The first-order valence-electron chi connectivity index (χ1n) is 10.7. The van der Waals surface area contributed by atoms with Gasteiger partial charge in [-0.15, -0.1) is 0 Å². The molecule has 0 bridgehead atoms. The van der Waals surface area contributed by atoms with Gasteiger partial charge in [0, 0.05) is 12.5 Å². The molecule has 2 rings (SSSR count). The van der Waals surface area contributed by atoms with Gasteiger partial charge in [-0.1, -0.05) is 34.6 Å². The van der Waals surface area contributed by atoms with Gasteiger partial charge in [-0.2, -0.15) is 0 Å². The van der Waals surface area contributed by atoms with Crippen molar-refractivity contribution in [1.29, 1.82) is 0 Å². The van der Waals surface area contributed by atoms with Crippen LogP contribution in [0.1, 0.15) is 75.2 Å². The summed E-state index contributed by atoms with van der Waals surface area (Å²) in [4.78, 5) is 27.7. The third-order valence-electron chi connectivity index (χ3n) is 6.82. The summed E-state index contributed by atoms with van der Waals surface area (Å²) in [6.07, 6.45) is 1.56. The van der Waals surface area contributed by atoms with Gasteiger partial charge in [0.25, 0.3) is 0 Å². The largest absolute Gasteiger partial charge is 0.482 e. The summed E-state index contributed by atoms with van der Waals surface area (Å²) in [7, 11) is -0.505. The normalized spacial score (nSPS) is 26.0. The Bertz CT molecular complexity index is 575. The van der Waals surface area contributed by atoms with Gasteiger partial charge in [-0.25, -0.2) is 0 Å². The zero-order chi connectivity index (χ0) is 21.4. The molecule has 0 aliphatic carbocycles. The average Bonchev–Trinajstić information content (AvgIpc) is 3.13. The molecule has 0 aromatic rings. The molecule has 0 spiro atoms. The van der Waals surface area contributed by atoms with E-state index < -0.39 is 24.4 Å². The summed E-state index contributed by atoms with van der Waals surface area (Å²) in [5.74, 6) is 0.00869. The molecule has 2 fully saturated rings. The van der Waals surface area contributed by atoms with Gasteiger partial charge < -0.3 is 19.5 Å². The number of hydrogen-bond acceptors (Lipinski definition) is 4. The molecule has 6 nitrogen and oxygen atoms in total. The second-order valence-electron chi connectivity index (χ2n) is 10.1. The minimum absolute atomic E-state index is 0.0735. The van der Waals surface area contributed by atoms with Gasteiger partial charge in [0.15, 0.2) is 0 Å². The molecule has 3 atom stereocenters. The summed E-state index contributed by atoms with van der Waals surface area (Å²) in [5.41, 5.74) is -0.894. The number of carbonyl (C=O) groups is 2. The van der Waals surface area contributed by atoms with Gasteiger partial charge in [-0.3, -0.25) is 9.59 Å². The monoisotopic (exact) mass is 394 g/mol. The minimum Gasteiger partial charge on any atom is -0.402 e. The maximum Gasteiger partial charge on any atom is 0.482 e. The molecule has 2 heterocycles. The second kappa shape index (κ2) is 8.35. The van der Waals surface area contributed by atoms with Crippen molar-refractivity contribution in [2.45, 2.75) is 98.3 Å². The Kier molecular flexibility index (Phi) is 6.92. The highest BCUT2D eigenvalue weighted by molar-refractivity contribution is 6.48. The molecule has 1 N–H and O–H groups in total. The highest BCUT2D eigenvalue weighted by atomic mass is 16.7. The predicted molar refractivity (Wildman–Crippen MR) is 112 cm³/mol. The summed E-state index contributed by atoms with van der Waals surface area (Å²) in [5, 5.41) is 3.15. The predicted octanol–water partition coefficient (Wildman–Crippen LogP) is 3.04. The molecule has 7 heteroatoms. The molecule has 0 aromatic carbocycles. The zero-order valence-electron chi connectivity index (χ0n) is 19.2. The van der Waals surface area contributed by atoms with E-state index in [0.717, 1.165) is 6.42 Å². The Labute approximate surface area is 171 Å². The molecule has 0 saturated carbocycles. The fourth-order valence-corrected chi connectivity index (χ4v) is 3.69. The molecule has 0 aromatic heterocycles. The molecule has 28 heavy (non-hydrogen) atoms. The smallest absolute Gasteiger partial charge is 0.402 e. The maximum absolute atomic E-state index is 13.1. The third kappa shape index (κ3) is 4.56. The van der Waals surface area contributed by atoms with E-state index in [4.69, 9.17) is 9.31 Å². The Morgan fingerprint density at radius 1 is 1.00 bits per heavy atom. The maximum atomic E-state index is 13.1. The summed E-state index contributed by atoms with van der Waals surface area (Å²) < 4.78 is 12.4. The molecule has 2 saturated heterocycles. The number of nitrogens with one attached hydrogen (secondary N) is 1. The molecule has 2 aliphatic heterocycles. The van der Waals surface area contributed by atoms with Crippen LogP contribution < -0.4 is 5.32 Å². The lowest BCUT2D eigenvalue weighted by molar-refractivity contribution is -0.142. The van der Waals surface area contributed by atoms with Crippen molar-refractivity contribution in [3.8, 4) is 0 Å². The van der Waals surface area contributed by atoms with Crippen LogP contribution in [0.4, 0.5) is 0 Å². The van der Waals surface area contributed by atoms with Crippen LogP contribution in [0.5, 0.6) is 0 Å². The van der Waals surface area contributed by atoms with Gasteiger partial charge in [-0.05, 0) is 52.4 Å². The van der Waals surface area contributed by atoms with E-state index in [0.29, 0.717) is 13.0 Å². The first kappa shape index (κ1) is 23.2. The van der Waals surface area contributed by atoms with E-state index in [-0.39, 0.29) is 35.5 Å². The van der Waals surface area contributed by atoms with E-state index in [2.05, 4.69) is 5.32 Å². The molecule has 2 aliphatic rings. The van der Waals surface area contributed by atoms with Crippen molar-refractivity contribution in [2.24, 2.45) is 17.8 Å². The molecule has 160 valence electrons. The van der Waals surface area contributed by atoms with Crippen LogP contribution in [0.2, 0.25) is 0 Å². The zero-order valence-corrected chi connectivity index (χ0v) is 19.2. The Morgan fingerprint density at radius 3 is 2.00 bits per heavy atom. The molecule has 0 radical (unpaired) electrons. The molecule has 0 unspecified atom stereocenters. The summed E-state index contributed by atoms with van der Waals surface area (Å²) >= 11 is 0. The SMILES string of the molecule is CC(C)[C@H](C)C(=O)N1CCC[C@H]1C(=O)N[C@@H](B1OC(C)(C)C(C)(C)O1)C(C)C. The molecular weight excluding hydrogens is 355 g/mol. The Hall–Kier alpha value is -1.08. The number of amides is 2. The summed E-state index contributed by atoms with van der Waals surface area (Å²) in [6, 6.07) is -0.405. The lowest BCUT2D eigenvalue weighted by Gasteiger charge is -2.32. The van der Waals surface area contributed by atoms with Crippen LogP contribution in [0, 0.1) is 17.8 Å². The van der Waals surface area contributed by atoms with Gasteiger partial charge in [0.1, 0.15) is 6.04 Å². The van der Waals surface area contributed by atoms with Crippen molar-refractivity contribution < 1.29 is 18.9 Å². The van der Waals surface area contributed by atoms with Crippen molar-refractivity contribution in [2.75, 3.05) is 6.54 Å². The fourth-order valence-electron chi connectivity index (χ4n) is 3.69. The van der Waals surface area contributed by atoms with Gasteiger partial charge in [0.05, 0.1) is 17.1 Å². The number of carbonyl (C=O) groups excluding carboxylic acids is 2. The van der Waals surface area contributed by atoms with Crippen LogP contribution in [0.3, 0.4) is 0 Å². The standard InChI is InChI=1S/C21H39BN2O4/c1-13(2)15(5)19(26)24-12-10-11-16(24)18(25)23-17(14(3)4)22-27-20(6,7)21(8,9)28-22/h13-17H,10-12H2,1-9H3,(H,23,25)/t15-,16-,17+/m0/s1. The van der Waals surface area contributed by atoms with E-state index in [1.54, 1.807) is 4.90 Å². The van der Waals surface area contributed by atoms with E-state index in [1.165, 1.54) is 0 Å². The third-order valence-corrected chi connectivity index (χ3v) is 6.82.